The Morgan fingerprint density at radius 1 is 1.26 bits per heavy atom. The standard InChI is InChI=1S/C13H19N3O2.ClH/c1-13(2,3)9-7-8(5-6-10(9)18-4)11(17)16-12(14)15;/h5-7H,1-4H3,(H4,14,15,16,17);1H. The Morgan fingerprint density at radius 2 is 1.84 bits per heavy atom. The summed E-state index contributed by atoms with van der Waals surface area (Å²) in [5.41, 5.74) is 11.6. The second kappa shape index (κ2) is 6.43. The molecular formula is C13H20ClN3O2. The fraction of sp³-hybridized carbons (Fsp3) is 0.385. The molecule has 0 aliphatic heterocycles. The van der Waals surface area contributed by atoms with Gasteiger partial charge in [0.05, 0.1) is 7.11 Å². The van der Waals surface area contributed by atoms with Crippen LogP contribution in [0.2, 0.25) is 0 Å². The van der Waals surface area contributed by atoms with E-state index in [9.17, 15) is 4.79 Å². The van der Waals surface area contributed by atoms with E-state index in [2.05, 4.69) is 4.99 Å². The van der Waals surface area contributed by atoms with Gasteiger partial charge in [-0.05, 0) is 23.6 Å². The summed E-state index contributed by atoms with van der Waals surface area (Å²) in [4.78, 5) is 15.3. The molecule has 0 unspecified atom stereocenters. The van der Waals surface area contributed by atoms with Crippen molar-refractivity contribution in [3.05, 3.63) is 29.3 Å². The smallest absolute Gasteiger partial charge is 0.280 e. The molecule has 1 rings (SSSR count). The van der Waals surface area contributed by atoms with Gasteiger partial charge in [-0.3, -0.25) is 4.79 Å². The summed E-state index contributed by atoms with van der Waals surface area (Å²) in [6.07, 6.45) is 0. The van der Waals surface area contributed by atoms with E-state index in [0.29, 0.717) is 5.56 Å². The van der Waals surface area contributed by atoms with Gasteiger partial charge in [-0.25, -0.2) is 0 Å². The van der Waals surface area contributed by atoms with Crippen LogP contribution in [0.4, 0.5) is 0 Å². The van der Waals surface area contributed by atoms with Crippen LogP contribution in [0.1, 0.15) is 36.7 Å². The molecule has 19 heavy (non-hydrogen) atoms. The topological polar surface area (TPSA) is 90.7 Å². The third-order valence-electron chi connectivity index (χ3n) is 2.49. The van der Waals surface area contributed by atoms with Crippen LogP contribution in [-0.2, 0) is 5.41 Å². The van der Waals surface area contributed by atoms with Gasteiger partial charge in [0, 0.05) is 11.1 Å². The lowest BCUT2D eigenvalue weighted by Gasteiger charge is -2.22. The number of carbonyl (C=O) groups excluding carboxylic acids is 1. The molecule has 1 amide bonds. The number of amides is 1. The van der Waals surface area contributed by atoms with Crippen molar-refractivity contribution in [2.24, 2.45) is 16.5 Å². The number of hydrogen-bond donors (Lipinski definition) is 2. The van der Waals surface area contributed by atoms with Gasteiger partial charge in [-0.2, -0.15) is 4.99 Å². The minimum atomic E-state index is -0.455. The second-order valence-corrected chi connectivity index (χ2v) is 5.01. The monoisotopic (exact) mass is 285 g/mol. The molecule has 0 heterocycles. The summed E-state index contributed by atoms with van der Waals surface area (Å²) < 4.78 is 5.29. The molecule has 0 radical (unpaired) electrons. The summed E-state index contributed by atoms with van der Waals surface area (Å²) in [5.74, 6) is 0.0417. The van der Waals surface area contributed by atoms with E-state index in [-0.39, 0.29) is 23.8 Å². The molecule has 0 aliphatic rings. The van der Waals surface area contributed by atoms with Gasteiger partial charge in [-0.15, -0.1) is 12.4 Å². The molecule has 0 fully saturated rings. The Bertz CT molecular complexity index is 489. The van der Waals surface area contributed by atoms with E-state index in [1.807, 2.05) is 20.8 Å². The van der Waals surface area contributed by atoms with E-state index in [1.54, 1.807) is 25.3 Å². The zero-order valence-corrected chi connectivity index (χ0v) is 12.4. The maximum absolute atomic E-state index is 11.7. The van der Waals surface area contributed by atoms with Crippen molar-refractivity contribution < 1.29 is 9.53 Å². The Balaban J connectivity index is 0.00000324. The molecule has 4 N–H and O–H groups in total. The number of halogens is 1. The number of methoxy groups -OCH3 is 1. The van der Waals surface area contributed by atoms with Crippen LogP contribution in [0, 0.1) is 0 Å². The lowest BCUT2D eigenvalue weighted by Crippen LogP contribution is -2.24. The number of rotatable bonds is 2. The fourth-order valence-corrected chi connectivity index (χ4v) is 1.61. The van der Waals surface area contributed by atoms with Crippen molar-refractivity contribution in [2.75, 3.05) is 7.11 Å². The average molecular weight is 286 g/mol. The fourth-order valence-electron chi connectivity index (χ4n) is 1.61. The predicted octanol–water partition coefficient (Wildman–Crippen LogP) is 1.83. The molecular weight excluding hydrogens is 266 g/mol. The van der Waals surface area contributed by atoms with Gasteiger partial charge < -0.3 is 16.2 Å². The van der Waals surface area contributed by atoms with E-state index in [1.165, 1.54) is 0 Å². The molecule has 0 saturated carbocycles. The first-order valence-corrected chi connectivity index (χ1v) is 5.58. The van der Waals surface area contributed by atoms with Gasteiger partial charge in [0.2, 0.25) is 0 Å². The Labute approximate surface area is 119 Å². The van der Waals surface area contributed by atoms with Gasteiger partial charge in [0.25, 0.3) is 5.91 Å². The largest absolute Gasteiger partial charge is 0.496 e. The van der Waals surface area contributed by atoms with Gasteiger partial charge in [0.15, 0.2) is 5.96 Å². The van der Waals surface area contributed by atoms with E-state index < -0.39 is 5.91 Å². The number of nitrogens with two attached hydrogens (primary N) is 2. The molecule has 0 spiro atoms. The number of aliphatic imine (C=N–C) groups is 1. The maximum Gasteiger partial charge on any atom is 0.280 e. The van der Waals surface area contributed by atoms with Crippen LogP contribution in [0.5, 0.6) is 5.75 Å². The molecule has 0 atom stereocenters. The van der Waals surface area contributed by atoms with E-state index in [0.717, 1.165) is 11.3 Å². The molecule has 0 bridgehead atoms. The number of carbonyl (C=O) groups is 1. The molecule has 0 aliphatic carbocycles. The van der Waals surface area contributed by atoms with Crippen molar-refractivity contribution >= 4 is 24.3 Å². The minimum Gasteiger partial charge on any atom is -0.496 e. The third kappa shape index (κ3) is 4.44. The Kier molecular flexibility index (Phi) is 5.83. The van der Waals surface area contributed by atoms with Crippen LogP contribution in [0.25, 0.3) is 0 Å². The van der Waals surface area contributed by atoms with Crippen LogP contribution in [0.15, 0.2) is 23.2 Å². The molecule has 6 heteroatoms. The zero-order chi connectivity index (χ0) is 13.9. The van der Waals surface area contributed by atoms with E-state index >= 15 is 0 Å². The maximum atomic E-state index is 11.7. The summed E-state index contributed by atoms with van der Waals surface area (Å²) in [6.45, 7) is 6.12. The molecule has 0 aromatic heterocycles. The molecule has 1 aromatic carbocycles. The van der Waals surface area contributed by atoms with Crippen LogP contribution < -0.4 is 16.2 Å². The predicted molar refractivity (Wildman–Crippen MR) is 79.1 cm³/mol. The average Bonchev–Trinajstić information content (AvgIpc) is 2.26. The zero-order valence-electron chi connectivity index (χ0n) is 11.6. The number of benzene rings is 1. The van der Waals surface area contributed by atoms with Crippen LogP contribution in [0.3, 0.4) is 0 Å². The summed E-state index contributed by atoms with van der Waals surface area (Å²) in [7, 11) is 1.60. The van der Waals surface area contributed by atoms with Crippen molar-refractivity contribution in [3.8, 4) is 5.75 Å². The van der Waals surface area contributed by atoms with Crippen molar-refractivity contribution in [1.29, 1.82) is 0 Å². The highest BCUT2D eigenvalue weighted by Crippen LogP contribution is 2.32. The Morgan fingerprint density at radius 3 is 2.26 bits per heavy atom. The quantitative estimate of drug-likeness (QED) is 0.640. The molecule has 1 aromatic rings. The lowest BCUT2D eigenvalue weighted by atomic mass is 9.85. The normalized spacial score (nSPS) is 10.3. The SMILES string of the molecule is COc1ccc(C(=O)N=C(N)N)cc1C(C)(C)C.Cl. The first kappa shape index (κ1) is 17.2. The number of guanidine groups is 1. The van der Waals surface area contributed by atoms with Crippen LogP contribution in [-0.4, -0.2) is 19.0 Å². The molecule has 5 nitrogen and oxygen atoms in total. The highest BCUT2D eigenvalue weighted by atomic mass is 35.5. The van der Waals surface area contributed by atoms with Gasteiger partial charge in [-0.1, -0.05) is 20.8 Å². The highest BCUT2D eigenvalue weighted by molar-refractivity contribution is 6.02. The Hall–Kier alpha value is -1.75. The lowest BCUT2D eigenvalue weighted by molar-refractivity contribution is 0.100. The number of nitrogens with zero attached hydrogens (tertiary/aromatic N) is 1. The molecule has 0 saturated heterocycles. The van der Waals surface area contributed by atoms with Crippen molar-refractivity contribution in [1.82, 2.24) is 0 Å². The summed E-state index contributed by atoms with van der Waals surface area (Å²) >= 11 is 0. The van der Waals surface area contributed by atoms with Crippen LogP contribution >= 0.6 is 12.4 Å². The van der Waals surface area contributed by atoms with Gasteiger partial charge >= 0.3 is 0 Å². The molecule has 106 valence electrons. The number of hydrogen-bond acceptors (Lipinski definition) is 2. The summed E-state index contributed by atoms with van der Waals surface area (Å²) in [5, 5.41) is 0. The van der Waals surface area contributed by atoms with Gasteiger partial charge in [0.1, 0.15) is 5.75 Å². The first-order chi connectivity index (χ1) is 8.25. The van der Waals surface area contributed by atoms with E-state index in [4.69, 9.17) is 16.2 Å². The third-order valence-corrected chi connectivity index (χ3v) is 2.49. The first-order valence-electron chi connectivity index (χ1n) is 5.58. The second-order valence-electron chi connectivity index (χ2n) is 5.01. The summed E-state index contributed by atoms with van der Waals surface area (Å²) in [6, 6.07) is 5.15. The minimum absolute atomic E-state index is 0. The van der Waals surface area contributed by atoms with Crippen molar-refractivity contribution in [3.63, 3.8) is 0 Å². The van der Waals surface area contributed by atoms with Crippen molar-refractivity contribution in [2.45, 2.75) is 26.2 Å². The highest BCUT2D eigenvalue weighted by Gasteiger charge is 2.20. The number of ether oxygens (including phenoxy) is 1.